The van der Waals surface area contributed by atoms with Gasteiger partial charge in [-0.2, -0.15) is 0 Å². The Morgan fingerprint density at radius 3 is 2.12 bits per heavy atom. The van der Waals surface area contributed by atoms with E-state index in [1.165, 1.54) is 6.07 Å². The molecule has 0 heterocycles. The largest absolute Gasteiger partial charge is 0.478 e. The molecule has 3 nitrogen and oxygen atoms in total. The third kappa shape index (κ3) is 4.23. The molecule has 0 aliphatic heterocycles. The summed E-state index contributed by atoms with van der Waals surface area (Å²) in [5.41, 5.74) is 2.39. The van der Waals surface area contributed by atoms with Crippen molar-refractivity contribution >= 4 is 5.97 Å². The zero-order valence-corrected chi connectivity index (χ0v) is 13.4. The predicted octanol–water partition coefficient (Wildman–Crippen LogP) is 4.57. The molecule has 1 N–H and O–H groups in total. The number of rotatable bonds is 6. The Bertz CT molecular complexity index is 845. The van der Waals surface area contributed by atoms with Crippen LogP contribution in [0, 0.1) is 5.82 Å². The van der Waals surface area contributed by atoms with Gasteiger partial charge >= 0.3 is 5.97 Å². The molecule has 0 amide bonds. The number of halogens is 1. The molecule has 3 aromatic carbocycles. The van der Waals surface area contributed by atoms with Crippen LogP contribution in [-0.4, -0.2) is 17.2 Å². The second kappa shape index (κ2) is 7.62. The first kappa shape index (κ1) is 16.7. The smallest absolute Gasteiger partial charge is 0.345 e. The minimum Gasteiger partial charge on any atom is -0.478 e. The molecule has 0 spiro atoms. The summed E-state index contributed by atoms with van der Waals surface area (Å²) in [6.07, 6.45) is -1.19. The molecule has 0 saturated heterocycles. The van der Waals surface area contributed by atoms with Gasteiger partial charge in [0.2, 0.25) is 0 Å². The zero-order valence-electron chi connectivity index (χ0n) is 13.4. The molecule has 3 rings (SSSR count). The maximum Gasteiger partial charge on any atom is 0.345 e. The van der Waals surface area contributed by atoms with Crippen LogP contribution >= 0.6 is 0 Å². The monoisotopic (exact) mass is 336 g/mol. The lowest BCUT2D eigenvalue weighted by atomic mass is 10.1. The van der Waals surface area contributed by atoms with Gasteiger partial charge in [0.1, 0.15) is 11.6 Å². The van der Waals surface area contributed by atoms with Gasteiger partial charge in [-0.15, -0.1) is 0 Å². The van der Waals surface area contributed by atoms with Gasteiger partial charge in [0.15, 0.2) is 6.10 Å². The molecule has 0 saturated carbocycles. The second-order valence-corrected chi connectivity index (χ2v) is 5.63. The molecule has 0 bridgehead atoms. The van der Waals surface area contributed by atoms with Gasteiger partial charge in [0.05, 0.1) is 0 Å². The lowest BCUT2D eigenvalue weighted by Crippen LogP contribution is -2.29. The van der Waals surface area contributed by atoms with E-state index >= 15 is 0 Å². The van der Waals surface area contributed by atoms with Crippen molar-refractivity contribution < 1.29 is 19.0 Å². The van der Waals surface area contributed by atoms with Crippen LogP contribution in [0.2, 0.25) is 0 Å². The van der Waals surface area contributed by atoms with Crippen molar-refractivity contribution in [3.05, 3.63) is 90.2 Å². The fourth-order valence-electron chi connectivity index (χ4n) is 2.56. The highest BCUT2D eigenvalue weighted by Gasteiger charge is 2.21. The molecular weight excluding hydrogens is 319 g/mol. The summed E-state index contributed by atoms with van der Waals surface area (Å²) in [7, 11) is 0. The van der Waals surface area contributed by atoms with E-state index in [4.69, 9.17) is 4.74 Å². The summed E-state index contributed by atoms with van der Waals surface area (Å²) < 4.78 is 19.3. The lowest BCUT2D eigenvalue weighted by molar-refractivity contribution is -0.145. The van der Waals surface area contributed by atoms with Crippen LogP contribution in [0.25, 0.3) is 11.1 Å². The van der Waals surface area contributed by atoms with E-state index in [2.05, 4.69) is 0 Å². The van der Waals surface area contributed by atoms with Gasteiger partial charge in [-0.25, -0.2) is 9.18 Å². The lowest BCUT2D eigenvalue weighted by Gasteiger charge is -2.16. The number of carboxylic acid groups (broad SMARTS) is 1. The van der Waals surface area contributed by atoms with Gasteiger partial charge in [-0.1, -0.05) is 60.7 Å². The molecular formula is C21H17FO3. The van der Waals surface area contributed by atoms with Crippen molar-refractivity contribution in [1.29, 1.82) is 0 Å². The Labute approximate surface area is 145 Å². The van der Waals surface area contributed by atoms with Crippen LogP contribution in [0.4, 0.5) is 4.39 Å². The topological polar surface area (TPSA) is 46.5 Å². The Morgan fingerprint density at radius 2 is 1.48 bits per heavy atom. The Hall–Kier alpha value is -3.14. The normalized spacial score (nSPS) is 11.7. The first-order valence-corrected chi connectivity index (χ1v) is 7.92. The van der Waals surface area contributed by atoms with Gasteiger partial charge in [-0.3, -0.25) is 0 Å². The number of hydrogen-bond donors (Lipinski definition) is 1. The van der Waals surface area contributed by atoms with Gasteiger partial charge in [-0.05, 0) is 34.9 Å². The summed E-state index contributed by atoms with van der Waals surface area (Å²) in [6, 6.07) is 23.1. The van der Waals surface area contributed by atoms with E-state index in [0.29, 0.717) is 11.3 Å². The quantitative estimate of drug-likeness (QED) is 0.717. The summed E-state index contributed by atoms with van der Waals surface area (Å²) in [5, 5.41) is 9.37. The third-order valence-electron chi connectivity index (χ3n) is 3.88. The maximum atomic E-state index is 13.7. The minimum absolute atomic E-state index is 0.0392. The van der Waals surface area contributed by atoms with Crippen molar-refractivity contribution in [1.82, 2.24) is 0 Å². The van der Waals surface area contributed by atoms with Crippen molar-refractivity contribution in [2.24, 2.45) is 0 Å². The minimum atomic E-state index is -1.15. The number of hydrogen-bond acceptors (Lipinski definition) is 2. The first-order valence-electron chi connectivity index (χ1n) is 7.92. The average molecular weight is 336 g/mol. The Morgan fingerprint density at radius 1 is 0.880 bits per heavy atom. The van der Waals surface area contributed by atoms with Gasteiger partial charge < -0.3 is 9.84 Å². The van der Waals surface area contributed by atoms with Crippen LogP contribution in [-0.2, 0) is 11.2 Å². The van der Waals surface area contributed by atoms with E-state index in [-0.39, 0.29) is 6.42 Å². The standard InChI is InChI=1S/C21H17FO3/c22-19-9-5-4-8-17(19)14-20(21(23)24)25-18-12-10-16(11-13-18)15-6-2-1-3-7-15/h1-13,20H,14H2,(H,23,24). The highest BCUT2D eigenvalue weighted by molar-refractivity contribution is 5.73. The molecule has 25 heavy (non-hydrogen) atoms. The van der Waals surface area contributed by atoms with Crippen LogP contribution in [0.15, 0.2) is 78.9 Å². The molecule has 0 aromatic heterocycles. The van der Waals surface area contributed by atoms with Crippen LogP contribution in [0.1, 0.15) is 5.56 Å². The van der Waals surface area contributed by atoms with E-state index in [0.717, 1.165) is 11.1 Å². The summed E-state index contributed by atoms with van der Waals surface area (Å²) in [6.45, 7) is 0. The molecule has 0 aliphatic rings. The van der Waals surface area contributed by atoms with E-state index in [1.807, 2.05) is 42.5 Å². The van der Waals surface area contributed by atoms with Crippen LogP contribution < -0.4 is 4.74 Å². The molecule has 1 unspecified atom stereocenters. The van der Waals surface area contributed by atoms with Crippen molar-refractivity contribution in [3.8, 4) is 16.9 Å². The summed E-state index contributed by atoms with van der Waals surface area (Å²) in [5.74, 6) is -1.13. The number of ether oxygens (including phenoxy) is 1. The van der Waals surface area contributed by atoms with E-state index < -0.39 is 17.9 Å². The molecule has 0 fully saturated rings. The van der Waals surface area contributed by atoms with E-state index in [1.54, 1.807) is 30.3 Å². The summed E-state index contributed by atoms with van der Waals surface area (Å²) in [4.78, 5) is 11.5. The fourth-order valence-corrected chi connectivity index (χ4v) is 2.56. The SMILES string of the molecule is O=C(O)C(Cc1ccccc1F)Oc1ccc(-c2ccccc2)cc1. The third-order valence-corrected chi connectivity index (χ3v) is 3.88. The molecule has 126 valence electrons. The summed E-state index contributed by atoms with van der Waals surface area (Å²) >= 11 is 0. The molecule has 0 aliphatic carbocycles. The van der Waals surface area contributed by atoms with Crippen LogP contribution in [0.3, 0.4) is 0 Å². The molecule has 1 atom stereocenters. The van der Waals surface area contributed by atoms with Crippen molar-refractivity contribution in [2.75, 3.05) is 0 Å². The Balaban J connectivity index is 1.74. The fraction of sp³-hybridized carbons (Fsp3) is 0.0952. The second-order valence-electron chi connectivity index (χ2n) is 5.63. The van der Waals surface area contributed by atoms with Gasteiger partial charge in [0, 0.05) is 6.42 Å². The zero-order chi connectivity index (χ0) is 17.6. The molecule has 3 aromatic rings. The highest BCUT2D eigenvalue weighted by atomic mass is 19.1. The average Bonchev–Trinajstić information content (AvgIpc) is 2.64. The van der Waals surface area contributed by atoms with Crippen molar-refractivity contribution in [3.63, 3.8) is 0 Å². The number of aliphatic carboxylic acids is 1. The van der Waals surface area contributed by atoms with Crippen LogP contribution in [0.5, 0.6) is 5.75 Å². The number of carbonyl (C=O) groups is 1. The van der Waals surface area contributed by atoms with Gasteiger partial charge in [0.25, 0.3) is 0 Å². The Kier molecular flexibility index (Phi) is 5.09. The first-order chi connectivity index (χ1) is 12.1. The number of carboxylic acids is 1. The molecule has 0 radical (unpaired) electrons. The predicted molar refractivity (Wildman–Crippen MR) is 94.0 cm³/mol. The maximum absolute atomic E-state index is 13.7. The van der Waals surface area contributed by atoms with E-state index in [9.17, 15) is 14.3 Å². The molecule has 4 heteroatoms. The van der Waals surface area contributed by atoms with Crippen molar-refractivity contribution in [2.45, 2.75) is 12.5 Å². The highest BCUT2D eigenvalue weighted by Crippen LogP contribution is 2.23. The number of benzene rings is 3.